The quantitative estimate of drug-likeness (QED) is 0.743. The van der Waals surface area contributed by atoms with E-state index in [1.54, 1.807) is 0 Å². The summed E-state index contributed by atoms with van der Waals surface area (Å²) >= 11 is 3.59. The SMILES string of the molecule is CN(C)CCCOc1c(Br)cccc1CNC1CC1. The van der Waals surface area contributed by atoms with E-state index in [0.717, 1.165) is 42.4 Å². The van der Waals surface area contributed by atoms with Gasteiger partial charge in [-0.2, -0.15) is 0 Å². The van der Waals surface area contributed by atoms with Crippen LogP contribution in [0.3, 0.4) is 0 Å². The third-order valence-corrected chi connectivity index (χ3v) is 3.83. The van der Waals surface area contributed by atoms with Crippen molar-refractivity contribution in [3.8, 4) is 5.75 Å². The molecule has 4 heteroatoms. The van der Waals surface area contributed by atoms with Crippen LogP contribution < -0.4 is 10.1 Å². The number of ether oxygens (including phenoxy) is 1. The van der Waals surface area contributed by atoms with E-state index in [0.29, 0.717) is 0 Å². The fraction of sp³-hybridized carbons (Fsp3) is 0.600. The van der Waals surface area contributed by atoms with Gasteiger partial charge in [-0.3, -0.25) is 0 Å². The van der Waals surface area contributed by atoms with Crippen molar-refractivity contribution >= 4 is 15.9 Å². The van der Waals surface area contributed by atoms with Crippen molar-refractivity contribution in [3.05, 3.63) is 28.2 Å². The lowest BCUT2D eigenvalue weighted by Crippen LogP contribution is -2.18. The molecule has 0 spiro atoms. The van der Waals surface area contributed by atoms with Crippen LogP contribution in [0.1, 0.15) is 24.8 Å². The largest absolute Gasteiger partial charge is 0.492 e. The van der Waals surface area contributed by atoms with E-state index in [2.05, 4.69) is 52.4 Å². The summed E-state index contributed by atoms with van der Waals surface area (Å²) in [5.74, 6) is 0.995. The van der Waals surface area contributed by atoms with Crippen LogP contribution in [-0.2, 0) is 6.54 Å². The Labute approximate surface area is 124 Å². The monoisotopic (exact) mass is 326 g/mol. The number of rotatable bonds is 8. The lowest BCUT2D eigenvalue weighted by Gasteiger charge is -2.15. The number of halogens is 1. The Morgan fingerprint density at radius 2 is 2.16 bits per heavy atom. The van der Waals surface area contributed by atoms with Crippen LogP contribution in [0.15, 0.2) is 22.7 Å². The van der Waals surface area contributed by atoms with E-state index < -0.39 is 0 Å². The second-order valence-electron chi connectivity index (χ2n) is 5.39. The van der Waals surface area contributed by atoms with Gasteiger partial charge in [0.05, 0.1) is 11.1 Å². The maximum atomic E-state index is 5.96. The first-order valence-corrected chi connectivity index (χ1v) is 7.74. The van der Waals surface area contributed by atoms with Gasteiger partial charge in [0, 0.05) is 24.7 Å². The number of nitrogens with zero attached hydrogens (tertiary/aromatic N) is 1. The van der Waals surface area contributed by atoms with Gasteiger partial charge in [0.1, 0.15) is 5.75 Å². The summed E-state index contributed by atoms with van der Waals surface area (Å²) in [4.78, 5) is 2.18. The maximum Gasteiger partial charge on any atom is 0.137 e. The van der Waals surface area contributed by atoms with Crippen molar-refractivity contribution in [2.75, 3.05) is 27.2 Å². The van der Waals surface area contributed by atoms with Gasteiger partial charge in [-0.15, -0.1) is 0 Å². The van der Waals surface area contributed by atoms with E-state index >= 15 is 0 Å². The summed E-state index contributed by atoms with van der Waals surface area (Å²) in [6.45, 7) is 2.71. The van der Waals surface area contributed by atoms with Crippen LogP contribution in [0.2, 0.25) is 0 Å². The van der Waals surface area contributed by atoms with Crippen molar-refractivity contribution in [2.45, 2.75) is 31.8 Å². The second-order valence-corrected chi connectivity index (χ2v) is 6.24. The molecule has 106 valence electrons. The van der Waals surface area contributed by atoms with E-state index in [1.807, 2.05) is 6.07 Å². The highest BCUT2D eigenvalue weighted by atomic mass is 79.9. The zero-order chi connectivity index (χ0) is 13.7. The van der Waals surface area contributed by atoms with Crippen LogP contribution in [0.4, 0.5) is 0 Å². The molecule has 0 heterocycles. The van der Waals surface area contributed by atoms with Gasteiger partial charge in [-0.25, -0.2) is 0 Å². The van der Waals surface area contributed by atoms with E-state index in [1.165, 1.54) is 18.4 Å². The van der Waals surface area contributed by atoms with Crippen LogP contribution in [0.25, 0.3) is 0 Å². The maximum absolute atomic E-state index is 5.96. The fourth-order valence-electron chi connectivity index (χ4n) is 1.95. The van der Waals surface area contributed by atoms with Gasteiger partial charge in [0.25, 0.3) is 0 Å². The summed E-state index contributed by atoms with van der Waals surface area (Å²) in [7, 11) is 4.17. The normalized spacial score (nSPS) is 14.9. The molecule has 1 aliphatic rings. The van der Waals surface area contributed by atoms with Crippen molar-refractivity contribution < 1.29 is 4.74 Å². The fourth-order valence-corrected chi connectivity index (χ4v) is 2.47. The number of hydrogen-bond donors (Lipinski definition) is 1. The molecule has 1 aromatic carbocycles. The van der Waals surface area contributed by atoms with Crippen LogP contribution >= 0.6 is 15.9 Å². The van der Waals surface area contributed by atoms with Gasteiger partial charge in [-0.05, 0) is 55.4 Å². The number of benzene rings is 1. The van der Waals surface area contributed by atoms with Crippen molar-refractivity contribution in [2.24, 2.45) is 0 Å². The highest BCUT2D eigenvalue weighted by Gasteiger charge is 2.20. The summed E-state index contributed by atoms with van der Waals surface area (Å²) in [6, 6.07) is 6.98. The van der Waals surface area contributed by atoms with E-state index in [-0.39, 0.29) is 0 Å². The third kappa shape index (κ3) is 5.13. The highest BCUT2D eigenvalue weighted by molar-refractivity contribution is 9.10. The summed E-state index contributed by atoms with van der Waals surface area (Å²) in [5.41, 5.74) is 1.24. The smallest absolute Gasteiger partial charge is 0.137 e. The van der Waals surface area contributed by atoms with Crippen LogP contribution in [0.5, 0.6) is 5.75 Å². The first-order valence-electron chi connectivity index (χ1n) is 6.95. The summed E-state index contributed by atoms with van der Waals surface area (Å²) in [5, 5.41) is 3.54. The molecule has 0 amide bonds. The molecule has 1 fully saturated rings. The Balaban J connectivity index is 1.88. The second kappa shape index (κ2) is 7.27. The first kappa shape index (κ1) is 14.8. The molecule has 1 saturated carbocycles. The Hall–Kier alpha value is -0.580. The minimum atomic E-state index is 0.723. The Morgan fingerprint density at radius 1 is 1.37 bits per heavy atom. The topological polar surface area (TPSA) is 24.5 Å². The van der Waals surface area contributed by atoms with Gasteiger partial charge >= 0.3 is 0 Å². The first-order chi connectivity index (χ1) is 9.16. The van der Waals surface area contributed by atoms with Crippen LogP contribution in [0, 0.1) is 0 Å². The molecular weight excluding hydrogens is 304 g/mol. The van der Waals surface area contributed by atoms with Gasteiger partial charge < -0.3 is 15.0 Å². The zero-order valence-corrected chi connectivity index (χ0v) is 13.4. The number of para-hydroxylation sites is 1. The minimum Gasteiger partial charge on any atom is -0.492 e. The zero-order valence-electron chi connectivity index (χ0n) is 11.8. The van der Waals surface area contributed by atoms with Crippen molar-refractivity contribution in [3.63, 3.8) is 0 Å². The molecule has 0 radical (unpaired) electrons. The molecule has 0 atom stereocenters. The Kier molecular flexibility index (Phi) is 5.67. The molecule has 1 N–H and O–H groups in total. The molecule has 3 nitrogen and oxygen atoms in total. The standard InChI is InChI=1S/C15H23BrN2O/c1-18(2)9-4-10-19-15-12(5-3-6-14(15)16)11-17-13-7-8-13/h3,5-6,13,17H,4,7-11H2,1-2H3. The van der Waals surface area contributed by atoms with E-state index in [9.17, 15) is 0 Å². The van der Waals surface area contributed by atoms with Gasteiger partial charge in [0.15, 0.2) is 0 Å². The number of hydrogen-bond acceptors (Lipinski definition) is 3. The molecule has 1 aromatic rings. The third-order valence-electron chi connectivity index (χ3n) is 3.20. The van der Waals surface area contributed by atoms with Gasteiger partial charge in [0.2, 0.25) is 0 Å². The summed E-state index contributed by atoms with van der Waals surface area (Å²) < 4.78 is 7.01. The molecule has 2 rings (SSSR count). The van der Waals surface area contributed by atoms with E-state index in [4.69, 9.17) is 4.74 Å². The Bertz CT molecular complexity index is 405. The predicted octanol–water partition coefficient (Wildman–Crippen LogP) is 3.03. The molecule has 1 aliphatic carbocycles. The number of nitrogens with one attached hydrogen (secondary N) is 1. The average molecular weight is 327 g/mol. The molecular formula is C15H23BrN2O. The minimum absolute atomic E-state index is 0.723. The molecule has 0 saturated heterocycles. The van der Waals surface area contributed by atoms with Crippen molar-refractivity contribution in [1.29, 1.82) is 0 Å². The molecule has 19 heavy (non-hydrogen) atoms. The molecule has 0 aromatic heterocycles. The van der Waals surface area contributed by atoms with Gasteiger partial charge in [-0.1, -0.05) is 12.1 Å². The molecule has 0 aliphatic heterocycles. The van der Waals surface area contributed by atoms with Crippen LogP contribution in [-0.4, -0.2) is 38.2 Å². The summed E-state index contributed by atoms with van der Waals surface area (Å²) in [6.07, 6.45) is 3.67. The Morgan fingerprint density at radius 3 is 2.84 bits per heavy atom. The van der Waals surface area contributed by atoms with Crippen molar-refractivity contribution in [1.82, 2.24) is 10.2 Å². The predicted molar refractivity (Wildman–Crippen MR) is 82.7 cm³/mol. The molecule has 0 bridgehead atoms. The lowest BCUT2D eigenvalue weighted by atomic mass is 10.2. The lowest BCUT2D eigenvalue weighted by molar-refractivity contribution is 0.277. The highest BCUT2D eigenvalue weighted by Crippen LogP contribution is 2.30. The average Bonchev–Trinajstić information content (AvgIpc) is 3.17. The molecule has 0 unspecified atom stereocenters.